The zero-order valence-electron chi connectivity index (χ0n) is 22.6. The standard InChI is InChI=1S/C13H23FO2.C11H19FO2.CH4O.H2NO.Na/c1-3-5-8-13(14)9-6-11(7-10-13)12(15)16-4-2;1-2-3-6-11(12)7-4-9(5-8-11)10(13)14;2*1-2;/h11H,3-10H2,1-2H3;9H,2-8H2,1H3,(H,13,14);2H,1H3;1-2H;/q;;;-1;+1. The van der Waals surface area contributed by atoms with Crippen molar-refractivity contribution in [3.8, 4) is 0 Å². The van der Waals surface area contributed by atoms with Crippen LogP contribution in [0.2, 0.25) is 0 Å². The number of esters is 1. The van der Waals surface area contributed by atoms with E-state index in [4.69, 9.17) is 26.1 Å². The van der Waals surface area contributed by atoms with Gasteiger partial charge in [0.25, 0.3) is 0 Å². The average Bonchev–Trinajstić information content (AvgIpc) is 2.85. The summed E-state index contributed by atoms with van der Waals surface area (Å²) in [5, 5.41) is 22.0. The summed E-state index contributed by atoms with van der Waals surface area (Å²) in [7, 11) is 1.00. The third-order valence-corrected chi connectivity index (χ3v) is 6.69. The molecule has 0 heterocycles. The summed E-state index contributed by atoms with van der Waals surface area (Å²) in [4.78, 5) is 22.1. The first kappa shape index (κ1) is 39.2. The monoisotopic (exact) mass is 519 g/mol. The Morgan fingerprint density at radius 2 is 1.17 bits per heavy atom. The molecule has 0 unspecified atom stereocenters. The van der Waals surface area contributed by atoms with Crippen molar-refractivity contribution in [1.29, 1.82) is 0 Å². The van der Waals surface area contributed by atoms with E-state index < -0.39 is 17.3 Å². The van der Waals surface area contributed by atoms with Gasteiger partial charge >= 0.3 is 41.5 Å². The molecule has 4 N–H and O–H groups in total. The van der Waals surface area contributed by atoms with Crippen LogP contribution >= 0.6 is 0 Å². The van der Waals surface area contributed by atoms with Gasteiger partial charge in [0.1, 0.15) is 11.3 Å². The third-order valence-electron chi connectivity index (χ3n) is 6.69. The predicted molar refractivity (Wildman–Crippen MR) is 129 cm³/mol. The first-order valence-corrected chi connectivity index (χ1v) is 12.6. The van der Waals surface area contributed by atoms with E-state index in [1.165, 1.54) is 0 Å². The van der Waals surface area contributed by atoms with E-state index >= 15 is 0 Å². The van der Waals surface area contributed by atoms with Gasteiger partial charge in [0.2, 0.25) is 0 Å². The molecule has 0 aromatic rings. The summed E-state index contributed by atoms with van der Waals surface area (Å²) in [5.41, 5.74) is -2.08. The summed E-state index contributed by atoms with van der Waals surface area (Å²) >= 11 is 0. The molecule has 0 atom stereocenters. The quantitative estimate of drug-likeness (QED) is 0.241. The number of carboxylic acid groups (broad SMARTS) is 1. The number of carboxylic acids is 1. The molecule has 2 fully saturated rings. The van der Waals surface area contributed by atoms with Gasteiger partial charge in [0.05, 0.1) is 18.4 Å². The Kier molecular flexibility index (Phi) is 25.6. The Labute approximate surface area is 232 Å². The number of carbonyl (C=O) groups excluding carboxylic acids is 1. The van der Waals surface area contributed by atoms with Gasteiger partial charge in [-0.05, 0) is 71.1 Å². The molecular formula is C25H48F2NNaO6. The molecule has 2 aliphatic carbocycles. The SMILES string of the molecule is CCCCC1(F)CCC(C(=O)O)CC1.CCCCC1(F)CCC(C(=O)OCC)CC1.CO.[NH-]O.[Na+]. The van der Waals surface area contributed by atoms with Crippen molar-refractivity contribution in [3.63, 3.8) is 0 Å². The number of aliphatic carboxylic acids is 1. The molecule has 0 amide bonds. The first-order chi connectivity index (χ1) is 16.2. The van der Waals surface area contributed by atoms with E-state index in [2.05, 4.69) is 6.92 Å². The number of aliphatic hydroxyl groups excluding tert-OH is 1. The van der Waals surface area contributed by atoms with Crippen LogP contribution in [0.3, 0.4) is 0 Å². The number of rotatable bonds is 9. The molecule has 35 heavy (non-hydrogen) atoms. The summed E-state index contributed by atoms with van der Waals surface area (Å²) in [5.74, 6) is 3.48. The van der Waals surface area contributed by atoms with Crippen molar-refractivity contribution in [2.24, 2.45) is 11.8 Å². The van der Waals surface area contributed by atoms with Crippen LogP contribution in [0.25, 0.3) is 5.90 Å². The van der Waals surface area contributed by atoms with E-state index in [1.807, 2.05) is 6.92 Å². The van der Waals surface area contributed by atoms with Crippen molar-refractivity contribution in [3.05, 3.63) is 5.90 Å². The Bertz CT molecular complexity index is 526. The van der Waals surface area contributed by atoms with Gasteiger partial charge in [0.15, 0.2) is 0 Å². The van der Waals surface area contributed by atoms with Crippen LogP contribution in [0.5, 0.6) is 0 Å². The molecule has 0 aromatic carbocycles. The first-order valence-electron chi connectivity index (χ1n) is 12.6. The Balaban J connectivity index is -0.000000502. The summed E-state index contributed by atoms with van der Waals surface area (Å²) in [6, 6.07) is 0. The minimum Gasteiger partial charge on any atom is -0.553 e. The molecule has 0 aromatic heterocycles. The normalized spacial score (nSPS) is 27.2. The number of unbranched alkanes of at least 4 members (excludes halogenated alkanes) is 2. The largest absolute Gasteiger partial charge is 1.00 e. The van der Waals surface area contributed by atoms with Crippen LogP contribution in [0.15, 0.2) is 0 Å². The second-order valence-corrected chi connectivity index (χ2v) is 9.15. The van der Waals surface area contributed by atoms with E-state index in [-0.39, 0.29) is 47.4 Å². The number of hydrogen-bond acceptors (Lipinski definition) is 5. The Morgan fingerprint density at radius 1 is 0.829 bits per heavy atom. The molecule has 7 nitrogen and oxygen atoms in total. The van der Waals surface area contributed by atoms with Crippen molar-refractivity contribution in [2.45, 2.75) is 122 Å². The van der Waals surface area contributed by atoms with Gasteiger partial charge in [-0.2, -0.15) is 0 Å². The number of halogens is 2. The predicted octanol–water partition coefficient (Wildman–Crippen LogP) is 3.84. The van der Waals surface area contributed by atoms with Crippen molar-refractivity contribution < 1.29 is 68.1 Å². The second kappa shape index (κ2) is 22.8. The number of alkyl halides is 2. The molecule has 2 aliphatic rings. The maximum absolute atomic E-state index is 14.2. The molecule has 2 rings (SSSR count). The zero-order chi connectivity index (χ0) is 26.6. The Morgan fingerprint density at radius 3 is 1.46 bits per heavy atom. The molecule has 2 saturated carbocycles. The van der Waals surface area contributed by atoms with E-state index in [1.54, 1.807) is 6.92 Å². The van der Waals surface area contributed by atoms with Crippen LogP contribution in [0, 0.1) is 11.8 Å². The number of aliphatic hydroxyl groups is 1. The maximum Gasteiger partial charge on any atom is 1.00 e. The number of hydrogen-bond donors (Lipinski definition) is 3. The summed E-state index contributed by atoms with van der Waals surface area (Å²) in [6.45, 7) is 6.35. The van der Waals surface area contributed by atoms with E-state index in [0.717, 1.165) is 32.8 Å². The smallest absolute Gasteiger partial charge is 0.553 e. The van der Waals surface area contributed by atoms with Gasteiger partial charge in [-0.1, -0.05) is 39.5 Å². The van der Waals surface area contributed by atoms with E-state index in [9.17, 15) is 18.4 Å². The molecule has 0 saturated heterocycles. The zero-order valence-corrected chi connectivity index (χ0v) is 24.6. The van der Waals surface area contributed by atoms with Crippen LogP contribution in [0.4, 0.5) is 8.78 Å². The topological polar surface area (TPSA) is 128 Å². The fourth-order valence-corrected chi connectivity index (χ4v) is 4.50. The van der Waals surface area contributed by atoms with Crippen LogP contribution in [0.1, 0.15) is 111 Å². The minimum absolute atomic E-state index is 0. The summed E-state index contributed by atoms with van der Waals surface area (Å²) < 4.78 is 33.2. The van der Waals surface area contributed by atoms with E-state index in [0.29, 0.717) is 70.8 Å². The molecule has 0 bridgehead atoms. The number of ether oxygens (including phenoxy) is 1. The molecule has 0 radical (unpaired) electrons. The molecule has 10 heteroatoms. The van der Waals surface area contributed by atoms with Crippen LogP contribution in [-0.2, 0) is 14.3 Å². The minimum atomic E-state index is -1.07. The van der Waals surface area contributed by atoms with Gasteiger partial charge in [-0.25, -0.2) is 8.78 Å². The molecule has 0 spiro atoms. The van der Waals surface area contributed by atoms with Crippen molar-refractivity contribution >= 4 is 11.9 Å². The second-order valence-electron chi connectivity index (χ2n) is 9.15. The van der Waals surface area contributed by atoms with Crippen molar-refractivity contribution in [2.75, 3.05) is 13.7 Å². The third kappa shape index (κ3) is 16.9. The van der Waals surface area contributed by atoms with Gasteiger partial charge < -0.3 is 26.1 Å². The average molecular weight is 520 g/mol. The molecule has 204 valence electrons. The van der Waals surface area contributed by atoms with Gasteiger partial charge in [-0.15, -0.1) is 0 Å². The number of nitrogens with one attached hydrogen (secondary N) is 1. The van der Waals surface area contributed by atoms with Crippen molar-refractivity contribution in [1.82, 2.24) is 0 Å². The fourth-order valence-electron chi connectivity index (χ4n) is 4.50. The maximum atomic E-state index is 14.2. The molecular weight excluding hydrogens is 471 g/mol. The number of carbonyl (C=O) groups is 2. The van der Waals surface area contributed by atoms with Crippen LogP contribution < -0.4 is 29.6 Å². The Hall–Kier alpha value is -0.320. The summed E-state index contributed by atoms with van der Waals surface area (Å²) in [6.07, 6.45) is 9.40. The molecule has 0 aliphatic heterocycles. The van der Waals surface area contributed by atoms with Gasteiger partial charge in [0, 0.05) is 7.11 Å². The van der Waals surface area contributed by atoms with Crippen LogP contribution in [-0.4, -0.2) is 52.4 Å². The van der Waals surface area contributed by atoms with Gasteiger partial charge in [-0.3, -0.25) is 9.59 Å². The fraction of sp³-hybridized carbons (Fsp3) is 0.920.